The first-order chi connectivity index (χ1) is 6.95. The predicted molar refractivity (Wildman–Crippen MR) is 62.7 cm³/mol. The Morgan fingerprint density at radius 3 is 2.50 bits per heavy atom. The van der Waals surface area contributed by atoms with Gasteiger partial charge in [0.2, 0.25) is 0 Å². The lowest BCUT2D eigenvalue weighted by Gasteiger charge is -2.09. The number of hydrogen-bond acceptors (Lipinski definition) is 2. The zero-order valence-electron chi connectivity index (χ0n) is 8.87. The molecule has 3 atom stereocenters. The highest BCUT2D eigenvalue weighted by molar-refractivity contribution is 7.99. The molecule has 80 valence electrons. The highest BCUT2D eigenvalue weighted by Crippen LogP contribution is 2.49. The molecule has 3 rings (SSSR count). The molecule has 1 aliphatic heterocycles. The monoisotopic (exact) mass is 211 g/mol. The molecule has 2 aliphatic carbocycles. The standard InChI is InChI=1S/C12H21NS/c1-2-4-11-10(3-1)12(11)13-7-9-5-6-14-8-9/h9-13H,1-8H2. The first-order valence-corrected chi connectivity index (χ1v) is 7.42. The second-order valence-electron chi connectivity index (χ2n) is 5.28. The summed E-state index contributed by atoms with van der Waals surface area (Å²) in [6.45, 7) is 1.31. The van der Waals surface area contributed by atoms with E-state index in [2.05, 4.69) is 17.1 Å². The van der Waals surface area contributed by atoms with Gasteiger partial charge in [0.15, 0.2) is 0 Å². The fourth-order valence-electron chi connectivity index (χ4n) is 3.34. The van der Waals surface area contributed by atoms with Crippen LogP contribution in [-0.4, -0.2) is 24.1 Å². The second-order valence-corrected chi connectivity index (χ2v) is 6.43. The second kappa shape index (κ2) is 4.05. The molecule has 0 amide bonds. The summed E-state index contributed by atoms with van der Waals surface area (Å²) in [6, 6.07) is 0.933. The van der Waals surface area contributed by atoms with Gasteiger partial charge in [-0.2, -0.15) is 11.8 Å². The Morgan fingerprint density at radius 2 is 1.86 bits per heavy atom. The van der Waals surface area contributed by atoms with Crippen molar-refractivity contribution in [2.45, 2.75) is 38.1 Å². The fourth-order valence-corrected chi connectivity index (χ4v) is 4.63. The molecule has 0 aromatic rings. The lowest BCUT2D eigenvalue weighted by atomic mass is 10.0. The van der Waals surface area contributed by atoms with Gasteiger partial charge in [-0.1, -0.05) is 12.8 Å². The van der Waals surface area contributed by atoms with Gasteiger partial charge in [0, 0.05) is 6.04 Å². The van der Waals surface area contributed by atoms with Crippen LogP contribution in [0.4, 0.5) is 0 Å². The molecule has 1 heterocycles. The summed E-state index contributed by atoms with van der Waals surface area (Å²) < 4.78 is 0. The van der Waals surface area contributed by atoms with Gasteiger partial charge in [0.1, 0.15) is 0 Å². The van der Waals surface area contributed by atoms with Crippen LogP contribution in [0.25, 0.3) is 0 Å². The molecule has 1 N–H and O–H groups in total. The largest absolute Gasteiger partial charge is 0.313 e. The Morgan fingerprint density at radius 1 is 1.07 bits per heavy atom. The van der Waals surface area contributed by atoms with Crippen molar-refractivity contribution in [1.82, 2.24) is 5.32 Å². The average Bonchev–Trinajstić information content (AvgIpc) is 2.69. The van der Waals surface area contributed by atoms with Gasteiger partial charge in [-0.25, -0.2) is 0 Å². The molecule has 0 radical (unpaired) electrons. The molecule has 0 bridgehead atoms. The van der Waals surface area contributed by atoms with Crippen molar-refractivity contribution in [3.8, 4) is 0 Å². The van der Waals surface area contributed by atoms with Crippen molar-refractivity contribution in [1.29, 1.82) is 0 Å². The molecular formula is C12H21NS. The molecule has 0 spiro atoms. The maximum atomic E-state index is 3.83. The summed E-state index contributed by atoms with van der Waals surface area (Å²) >= 11 is 2.14. The van der Waals surface area contributed by atoms with Gasteiger partial charge in [-0.05, 0) is 55.1 Å². The Kier molecular flexibility index (Phi) is 2.76. The summed E-state index contributed by atoms with van der Waals surface area (Å²) in [7, 11) is 0. The molecule has 14 heavy (non-hydrogen) atoms. The average molecular weight is 211 g/mol. The predicted octanol–water partition coefficient (Wildman–Crippen LogP) is 2.52. The zero-order chi connectivity index (χ0) is 9.38. The van der Waals surface area contributed by atoms with Crippen molar-refractivity contribution < 1.29 is 0 Å². The summed E-state index contributed by atoms with van der Waals surface area (Å²) in [5, 5.41) is 3.83. The van der Waals surface area contributed by atoms with Crippen molar-refractivity contribution in [3.05, 3.63) is 0 Å². The summed E-state index contributed by atoms with van der Waals surface area (Å²) in [6.07, 6.45) is 7.49. The summed E-state index contributed by atoms with van der Waals surface area (Å²) in [5.41, 5.74) is 0. The summed E-state index contributed by atoms with van der Waals surface area (Å²) in [4.78, 5) is 0. The van der Waals surface area contributed by atoms with Crippen LogP contribution in [0.1, 0.15) is 32.1 Å². The highest BCUT2D eigenvalue weighted by Gasteiger charge is 2.50. The van der Waals surface area contributed by atoms with Gasteiger partial charge in [0.25, 0.3) is 0 Å². The Hall–Kier alpha value is 0.310. The maximum absolute atomic E-state index is 3.83. The fraction of sp³-hybridized carbons (Fsp3) is 1.00. The van der Waals surface area contributed by atoms with Gasteiger partial charge < -0.3 is 5.32 Å². The van der Waals surface area contributed by atoms with Crippen molar-refractivity contribution in [3.63, 3.8) is 0 Å². The number of nitrogens with one attached hydrogen (secondary N) is 1. The van der Waals surface area contributed by atoms with E-state index in [-0.39, 0.29) is 0 Å². The van der Waals surface area contributed by atoms with Gasteiger partial charge in [-0.3, -0.25) is 0 Å². The lowest BCUT2D eigenvalue weighted by molar-refractivity contribution is 0.480. The smallest absolute Gasteiger partial charge is 0.0130 e. The van der Waals surface area contributed by atoms with E-state index in [0.717, 1.165) is 23.8 Å². The van der Waals surface area contributed by atoms with Crippen molar-refractivity contribution in [2.75, 3.05) is 18.1 Å². The van der Waals surface area contributed by atoms with Crippen molar-refractivity contribution in [2.24, 2.45) is 17.8 Å². The Balaban J connectivity index is 1.41. The van der Waals surface area contributed by atoms with Crippen LogP contribution in [-0.2, 0) is 0 Å². The first-order valence-electron chi connectivity index (χ1n) is 6.26. The third-order valence-electron chi connectivity index (χ3n) is 4.32. The van der Waals surface area contributed by atoms with Gasteiger partial charge >= 0.3 is 0 Å². The molecule has 0 aromatic heterocycles. The van der Waals surface area contributed by atoms with Crippen LogP contribution in [0, 0.1) is 17.8 Å². The van der Waals surface area contributed by atoms with E-state index in [0.29, 0.717) is 0 Å². The first kappa shape index (κ1) is 9.53. The molecule has 3 unspecified atom stereocenters. The van der Waals surface area contributed by atoms with Crippen LogP contribution in [0.15, 0.2) is 0 Å². The van der Waals surface area contributed by atoms with E-state index >= 15 is 0 Å². The quantitative estimate of drug-likeness (QED) is 0.770. The lowest BCUT2D eigenvalue weighted by Crippen LogP contribution is -2.26. The number of fused-ring (bicyclic) bond motifs is 1. The minimum atomic E-state index is 0.933. The molecule has 2 heteroatoms. The molecule has 2 saturated carbocycles. The zero-order valence-corrected chi connectivity index (χ0v) is 9.69. The molecule has 0 aromatic carbocycles. The maximum Gasteiger partial charge on any atom is 0.0130 e. The van der Waals surface area contributed by atoms with Crippen LogP contribution in [0.5, 0.6) is 0 Å². The van der Waals surface area contributed by atoms with Crippen LogP contribution >= 0.6 is 11.8 Å². The highest BCUT2D eigenvalue weighted by atomic mass is 32.2. The Labute approximate surface area is 91.4 Å². The number of rotatable bonds is 3. The van der Waals surface area contributed by atoms with E-state index < -0.39 is 0 Å². The van der Waals surface area contributed by atoms with Crippen LogP contribution < -0.4 is 5.32 Å². The molecule has 3 fully saturated rings. The molecule has 1 nitrogen and oxygen atoms in total. The Bertz CT molecular complexity index is 188. The topological polar surface area (TPSA) is 12.0 Å². The third kappa shape index (κ3) is 1.83. The van der Waals surface area contributed by atoms with E-state index in [1.54, 1.807) is 0 Å². The molecule has 1 saturated heterocycles. The van der Waals surface area contributed by atoms with Crippen molar-refractivity contribution >= 4 is 11.8 Å². The third-order valence-corrected chi connectivity index (χ3v) is 5.55. The van der Waals surface area contributed by atoms with E-state index in [4.69, 9.17) is 0 Å². The number of thioether (sulfide) groups is 1. The van der Waals surface area contributed by atoms with E-state index in [1.807, 2.05) is 0 Å². The molecule has 3 aliphatic rings. The van der Waals surface area contributed by atoms with E-state index in [1.165, 1.54) is 50.2 Å². The van der Waals surface area contributed by atoms with Crippen LogP contribution in [0.3, 0.4) is 0 Å². The number of hydrogen-bond donors (Lipinski definition) is 1. The normalized spacial score (nSPS) is 46.3. The van der Waals surface area contributed by atoms with Crippen LogP contribution in [0.2, 0.25) is 0 Å². The summed E-state index contributed by atoms with van der Waals surface area (Å²) in [5.74, 6) is 5.97. The minimum Gasteiger partial charge on any atom is -0.313 e. The van der Waals surface area contributed by atoms with E-state index in [9.17, 15) is 0 Å². The minimum absolute atomic E-state index is 0.933. The SMILES string of the molecule is C1CCC2C(C1)C2NCC1CCSC1. The van der Waals surface area contributed by atoms with Gasteiger partial charge in [0.05, 0.1) is 0 Å². The van der Waals surface area contributed by atoms with Gasteiger partial charge in [-0.15, -0.1) is 0 Å². The molecular weight excluding hydrogens is 190 g/mol.